The van der Waals surface area contributed by atoms with E-state index in [9.17, 15) is 4.79 Å². The molecule has 0 bridgehead atoms. The van der Waals surface area contributed by atoms with Crippen LogP contribution >= 0.6 is 0 Å². The van der Waals surface area contributed by atoms with Crippen LogP contribution in [0.1, 0.15) is 17.5 Å². The number of ether oxygens (including phenoxy) is 1. The summed E-state index contributed by atoms with van der Waals surface area (Å²) in [4.78, 5) is 11.6. The van der Waals surface area contributed by atoms with Crippen molar-refractivity contribution in [1.82, 2.24) is 20.4 Å². The number of urea groups is 1. The van der Waals surface area contributed by atoms with Crippen molar-refractivity contribution in [2.24, 2.45) is 0 Å². The number of rotatable bonds is 8. The number of methoxy groups -OCH3 is 1. The second kappa shape index (κ2) is 8.84. The van der Waals surface area contributed by atoms with Crippen LogP contribution in [-0.2, 0) is 17.8 Å². The van der Waals surface area contributed by atoms with E-state index in [4.69, 9.17) is 4.74 Å². The van der Waals surface area contributed by atoms with E-state index in [0.29, 0.717) is 19.7 Å². The zero-order chi connectivity index (χ0) is 15.6. The summed E-state index contributed by atoms with van der Waals surface area (Å²) in [6.07, 6.45) is 4.51. The molecule has 0 saturated heterocycles. The number of benzene rings is 1. The predicted octanol–water partition coefficient (Wildman–Crippen LogP) is 1.77. The maximum atomic E-state index is 11.6. The third-order valence-corrected chi connectivity index (χ3v) is 3.19. The van der Waals surface area contributed by atoms with Gasteiger partial charge in [0.05, 0.1) is 6.54 Å². The van der Waals surface area contributed by atoms with Crippen molar-refractivity contribution in [2.75, 3.05) is 20.3 Å². The lowest BCUT2D eigenvalue weighted by Gasteiger charge is -2.08. The van der Waals surface area contributed by atoms with Crippen molar-refractivity contribution < 1.29 is 9.53 Å². The zero-order valence-corrected chi connectivity index (χ0v) is 12.8. The summed E-state index contributed by atoms with van der Waals surface area (Å²) in [5.74, 6) is 0. The second-order valence-corrected chi connectivity index (χ2v) is 4.98. The van der Waals surface area contributed by atoms with Crippen LogP contribution in [-0.4, -0.2) is 36.1 Å². The van der Waals surface area contributed by atoms with E-state index >= 15 is 0 Å². The lowest BCUT2D eigenvalue weighted by molar-refractivity contribution is 0.193. The Labute approximate surface area is 130 Å². The van der Waals surface area contributed by atoms with Gasteiger partial charge in [-0.25, -0.2) is 4.79 Å². The van der Waals surface area contributed by atoms with E-state index in [0.717, 1.165) is 18.5 Å². The van der Waals surface area contributed by atoms with Gasteiger partial charge in [-0.1, -0.05) is 24.3 Å². The van der Waals surface area contributed by atoms with Crippen LogP contribution in [0.3, 0.4) is 0 Å². The zero-order valence-electron chi connectivity index (χ0n) is 12.8. The highest BCUT2D eigenvalue weighted by Gasteiger charge is 2.00. The van der Waals surface area contributed by atoms with Gasteiger partial charge in [-0.15, -0.1) is 0 Å². The van der Waals surface area contributed by atoms with Gasteiger partial charge in [0.2, 0.25) is 0 Å². The largest absolute Gasteiger partial charge is 0.385 e. The summed E-state index contributed by atoms with van der Waals surface area (Å²) < 4.78 is 6.80. The van der Waals surface area contributed by atoms with Gasteiger partial charge in [0, 0.05) is 39.2 Å². The molecule has 0 saturated carbocycles. The molecule has 118 valence electrons. The van der Waals surface area contributed by atoms with Gasteiger partial charge in [-0.05, 0) is 23.6 Å². The summed E-state index contributed by atoms with van der Waals surface area (Å²) in [7, 11) is 1.65. The predicted molar refractivity (Wildman–Crippen MR) is 84.5 cm³/mol. The van der Waals surface area contributed by atoms with Gasteiger partial charge < -0.3 is 15.4 Å². The number of amides is 2. The number of hydrogen-bond donors (Lipinski definition) is 2. The van der Waals surface area contributed by atoms with Crippen molar-refractivity contribution in [2.45, 2.75) is 19.5 Å². The highest BCUT2D eigenvalue weighted by molar-refractivity contribution is 5.73. The topological polar surface area (TPSA) is 68.2 Å². The van der Waals surface area contributed by atoms with E-state index in [-0.39, 0.29) is 6.03 Å². The first-order chi connectivity index (χ1) is 10.8. The Bertz CT molecular complexity index is 552. The average Bonchev–Trinajstić information content (AvgIpc) is 3.04. The molecular weight excluding hydrogens is 280 g/mol. The van der Waals surface area contributed by atoms with Crippen LogP contribution in [0.25, 0.3) is 0 Å². The Hall–Kier alpha value is -2.34. The summed E-state index contributed by atoms with van der Waals surface area (Å²) in [6.45, 7) is 2.53. The van der Waals surface area contributed by atoms with Gasteiger partial charge in [0.15, 0.2) is 0 Å². The SMILES string of the molecule is COCCCNC(=O)NCc1ccc(Cn2cccn2)cc1. The summed E-state index contributed by atoms with van der Waals surface area (Å²) in [5.41, 5.74) is 2.24. The van der Waals surface area contributed by atoms with Crippen LogP contribution in [0.5, 0.6) is 0 Å². The van der Waals surface area contributed by atoms with Crippen LogP contribution in [0.2, 0.25) is 0 Å². The number of hydrogen-bond acceptors (Lipinski definition) is 3. The van der Waals surface area contributed by atoms with E-state index in [1.54, 1.807) is 13.3 Å². The van der Waals surface area contributed by atoms with Crippen LogP contribution in [0, 0.1) is 0 Å². The Balaban J connectivity index is 1.71. The van der Waals surface area contributed by atoms with E-state index in [1.165, 1.54) is 5.56 Å². The number of nitrogens with zero attached hydrogens (tertiary/aromatic N) is 2. The number of carbonyl (C=O) groups excluding carboxylic acids is 1. The van der Waals surface area contributed by atoms with Crippen LogP contribution < -0.4 is 10.6 Å². The lowest BCUT2D eigenvalue weighted by Crippen LogP contribution is -2.35. The molecule has 0 fully saturated rings. The Morgan fingerprint density at radius 2 is 2.00 bits per heavy atom. The number of aromatic nitrogens is 2. The quantitative estimate of drug-likeness (QED) is 0.730. The summed E-state index contributed by atoms with van der Waals surface area (Å²) >= 11 is 0. The van der Waals surface area contributed by atoms with Crippen molar-refractivity contribution in [3.8, 4) is 0 Å². The molecule has 0 unspecified atom stereocenters. The lowest BCUT2D eigenvalue weighted by atomic mass is 10.1. The molecule has 6 nitrogen and oxygen atoms in total. The first-order valence-electron chi connectivity index (χ1n) is 7.34. The molecule has 0 spiro atoms. The fourth-order valence-electron chi connectivity index (χ4n) is 2.01. The summed E-state index contributed by atoms with van der Waals surface area (Å²) in [6, 6.07) is 9.89. The molecule has 2 aromatic rings. The van der Waals surface area contributed by atoms with E-state index in [2.05, 4.69) is 27.9 Å². The maximum Gasteiger partial charge on any atom is 0.315 e. The molecule has 2 N–H and O–H groups in total. The third kappa shape index (κ3) is 5.57. The fourth-order valence-corrected chi connectivity index (χ4v) is 2.01. The Morgan fingerprint density at radius 3 is 2.68 bits per heavy atom. The first-order valence-corrected chi connectivity index (χ1v) is 7.34. The third-order valence-electron chi connectivity index (χ3n) is 3.19. The van der Waals surface area contributed by atoms with Crippen LogP contribution in [0.4, 0.5) is 4.79 Å². The van der Waals surface area contributed by atoms with Gasteiger partial charge in [0.1, 0.15) is 0 Å². The molecule has 1 aromatic heterocycles. The van der Waals surface area contributed by atoms with Gasteiger partial charge in [-0.3, -0.25) is 4.68 Å². The molecule has 2 amide bonds. The molecule has 2 rings (SSSR count). The molecule has 0 aliphatic rings. The average molecular weight is 302 g/mol. The molecule has 0 radical (unpaired) electrons. The van der Waals surface area contributed by atoms with Gasteiger partial charge >= 0.3 is 6.03 Å². The van der Waals surface area contributed by atoms with Crippen molar-refractivity contribution in [3.63, 3.8) is 0 Å². The number of nitrogens with one attached hydrogen (secondary N) is 2. The van der Waals surface area contributed by atoms with E-state index in [1.807, 2.05) is 29.1 Å². The number of carbonyl (C=O) groups is 1. The van der Waals surface area contributed by atoms with Gasteiger partial charge in [0.25, 0.3) is 0 Å². The molecular formula is C16H22N4O2. The minimum Gasteiger partial charge on any atom is -0.385 e. The molecule has 6 heteroatoms. The van der Waals surface area contributed by atoms with Crippen molar-refractivity contribution >= 4 is 6.03 Å². The first kappa shape index (κ1) is 16.0. The minimum atomic E-state index is -0.156. The maximum absolute atomic E-state index is 11.6. The molecule has 0 atom stereocenters. The minimum absolute atomic E-state index is 0.156. The molecule has 1 heterocycles. The highest BCUT2D eigenvalue weighted by Crippen LogP contribution is 2.06. The smallest absolute Gasteiger partial charge is 0.315 e. The molecule has 1 aromatic carbocycles. The molecule has 0 aliphatic heterocycles. The Morgan fingerprint density at radius 1 is 1.23 bits per heavy atom. The second-order valence-electron chi connectivity index (χ2n) is 4.98. The fraction of sp³-hybridized carbons (Fsp3) is 0.375. The standard InChI is InChI=1S/C16H22N4O2/c1-22-11-3-8-17-16(21)18-12-14-4-6-15(7-5-14)13-20-10-2-9-19-20/h2,4-7,9-10H,3,8,11-13H2,1H3,(H2,17,18,21). The normalized spacial score (nSPS) is 10.4. The van der Waals surface area contributed by atoms with Gasteiger partial charge in [-0.2, -0.15) is 5.10 Å². The Kier molecular flexibility index (Phi) is 6.44. The molecule has 0 aliphatic carbocycles. The van der Waals surface area contributed by atoms with Crippen molar-refractivity contribution in [1.29, 1.82) is 0 Å². The van der Waals surface area contributed by atoms with Crippen LogP contribution in [0.15, 0.2) is 42.7 Å². The monoisotopic (exact) mass is 302 g/mol. The highest BCUT2D eigenvalue weighted by atomic mass is 16.5. The summed E-state index contributed by atoms with van der Waals surface area (Å²) in [5, 5.41) is 9.80. The molecule has 22 heavy (non-hydrogen) atoms. The van der Waals surface area contributed by atoms with E-state index < -0.39 is 0 Å². The van der Waals surface area contributed by atoms with Crippen molar-refractivity contribution in [3.05, 3.63) is 53.9 Å².